The van der Waals surface area contributed by atoms with E-state index in [-0.39, 0.29) is 18.5 Å². The standard InChI is InChI=1S/C12H14FN3O2S/c1-17-10(6-14)12-15-11(16-18-12)7-19-9-4-2-3-8(13)5-9/h2-5,10H,6-7,14H2,1H3. The van der Waals surface area contributed by atoms with E-state index in [4.69, 9.17) is 15.0 Å². The molecule has 2 rings (SSSR count). The van der Waals surface area contributed by atoms with Crippen LogP contribution < -0.4 is 5.73 Å². The minimum atomic E-state index is -0.389. The first-order valence-electron chi connectivity index (χ1n) is 5.66. The second-order valence-corrected chi connectivity index (χ2v) is 4.80. The predicted molar refractivity (Wildman–Crippen MR) is 69.1 cm³/mol. The van der Waals surface area contributed by atoms with Gasteiger partial charge in [-0.2, -0.15) is 4.98 Å². The third-order valence-corrected chi connectivity index (χ3v) is 3.41. The average molecular weight is 283 g/mol. The van der Waals surface area contributed by atoms with Crippen molar-refractivity contribution in [2.24, 2.45) is 5.73 Å². The third kappa shape index (κ3) is 3.76. The molecule has 0 radical (unpaired) electrons. The minimum absolute atomic E-state index is 0.263. The summed E-state index contributed by atoms with van der Waals surface area (Å²) in [5.74, 6) is 1.12. The highest BCUT2D eigenvalue weighted by molar-refractivity contribution is 7.98. The van der Waals surface area contributed by atoms with Crippen LogP contribution in [0.3, 0.4) is 0 Å². The van der Waals surface area contributed by atoms with Crippen LogP contribution >= 0.6 is 11.8 Å². The Kier molecular flexibility index (Phi) is 4.89. The molecule has 0 aliphatic rings. The Morgan fingerprint density at radius 2 is 2.37 bits per heavy atom. The zero-order chi connectivity index (χ0) is 13.7. The summed E-state index contributed by atoms with van der Waals surface area (Å²) in [6.07, 6.45) is -0.389. The van der Waals surface area contributed by atoms with Crippen molar-refractivity contribution in [3.63, 3.8) is 0 Å². The summed E-state index contributed by atoms with van der Waals surface area (Å²) in [5, 5.41) is 3.83. The van der Waals surface area contributed by atoms with Gasteiger partial charge in [0, 0.05) is 18.6 Å². The van der Waals surface area contributed by atoms with Crippen molar-refractivity contribution in [1.29, 1.82) is 0 Å². The highest BCUT2D eigenvalue weighted by Gasteiger charge is 2.16. The number of thioether (sulfide) groups is 1. The monoisotopic (exact) mass is 283 g/mol. The van der Waals surface area contributed by atoms with E-state index < -0.39 is 0 Å². The number of nitrogens with two attached hydrogens (primary N) is 1. The molecule has 0 aliphatic heterocycles. The predicted octanol–water partition coefficient (Wildman–Crippen LogP) is 2.15. The van der Waals surface area contributed by atoms with Gasteiger partial charge in [0.2, 0.25) is 0 Å². The van der Waals surface area contributed by atoms with Crippen LogP contribution in [0.5, 0.6) is 0 Å². The van der Waals surface area contributed by atoms with Crippen molar-refractivity contribution in [3.05, 3.63) is 41.8 Å². The number of rotatable bonds is 6. The van der Waals surface area contributed by atoms with Gasteiger partial charge in [-0.05, 0) is 18.2 Å². The summed E-state index contributed by atoms with van der Waals surface area (Å²) in [4.78, 5) is 5.01. The van der Waals surface area contributed by atoms with E-state index in [0.717, 1.165) is 4.90 Å². The third-order valence-electron chi connectivity index (χ3n) is 2.42. The number of hydrogen-bond donors (Lipinski definition) is 1. The van der Waals surface area contributed by atoms with E-state index in [1.807, 2.05) is 6.07 Å². The topological polar surface area (TPSA) is 74.2 Å². The molecular weight excluding hydrogens is 269 g/mol. The fraction of sp³-hybridized carbons (Fsp3) is 0.333. The quantitative estimate of drug-likeness (QED) is 0.819. The largest absolute Gasteiger partial charge is 0.370 e. The highest BCUT2D eigenvalue weighted by Crippen LogP contribution is 2.23. The van der Waals surface area contributed by atoms with Crippen LogP contribution in [0.1, 0.15) is 17.8 Å². The fourth-order valence-electron chi connectivity index (χ4n) is 1.46. The van der Waals surface area contributed by atoms with Gasteiger partial charge in [-0.25, -0.2) is 4.39 Å². The first kappa shape index (κ1) is 14.0. The van der Waals surface area contributed by atoms with Crippen molar-refractivity contribution >= 4 is 11.8 Å². The Bertz CT molecular complexity index is 531. The van der Waals surface area contributed by atoms with E-state index in [1.165, 1.54) is 31.0 Å². The molecule has 0 spiro atoms. The lowest BCUT2D eigenvalue weighted by atomic mass is 10.3. The minimum Gasteiger partial charge on any atom is -0.370 e. The first-order chi connectivity index (χ1) is 9.22. The molecule has 1 unspecified atom stereocenters. The van der Waals surface area contributed by atoms with Gasteiger partial charge in [0.25, 0.3) is 5.89 Å². The van der Waals surface area contributed by atoms with Gasteiger partial charge in [0.15, 0.2) is 5.82 Å². The zero-order valence-electron chi connectivity index (χ0n) is 10.4. The molecule has 1 atom stereocenters. The molecule has 0 saturated carbocycles. The molecule has 102 valence electrons. The van der Waals surface area contributed by atoms with Crippen LogP contribution in [0.15, 0.2) is 33.7 Å². The molecule has 0 amide bonds. The molecule has 5 nitrogen and oxygen atoms in total. The van der Waals surface area contributed by atoms with Gasteiger partial charge < -0.3 is 15.0 Å². The molecule has 0 bridgehead atoms. The maximum absolute atomic E-state index is 13.0. The molecule has 0 aliphatic carbocycles. The van der Waals surface area contributed by atoms with Crippen LogP contribution in [-0.4, -0.2) is 23.8 Å². The highest BCUT2D eigenvalue weighted by atomic mass is 32.2. The summed E-state index contributed by atoms with van der Waals surface area (Å²) >= 11 is 1.43. The van der Waals surface area contributed by atoms with Gasteiger partial charge in [0.05, 0.1) is 5.75 Å². The molecule has 1 aromatic carbocycles. The van der Waals surface area contributed by atoms with Crippen molar-refractivity contribution in [3.8, 4) is 0 Å². The lowest BCUT2D eigenvalue weighted by molar-refractivity contribution is 0.0804. The molecule has 2 N–H and O–H groups in total. The van der Waals surface area contributed by atoms with Crippen molar-refractivity contribution in [2.75, 3.05) is 13.7 Å². The second-order valence-electron chi connectivity index (χ2n) is 3.75. The number of aromatic nitrogens is 2. The molecule has 2 aromatic rings. The number of methoxy groups -OCH3 is 1. The summed E-state index contributed by atoms with van der Waals surface area (Å²) in [7, 11) is 1.53. The molecule has 0 fully saturated rings. The molecule has 0 saturated heterocycles. The Morgan fingerprint density at radius 3 is 3.05 bits per heavy atom. The number of benzene rings is 1. The van der Waals surface area contributed by atoms with Gasteiger partial charge in [-0.15, -0.1) is 11.8 Å². The number of ether oxygens (including phenoxy) is 1. The van der Waals surface area contributed by atoms with Crippen LogP contribution in [0.2, 0.25) is 0 Å². The van der Waals surface area contributed by atoms with Crippen LogP contribution in [-0.2, 0) is 10.5 Å². The maximum Gasteiger partial charge on any atom is 0.257 e. The Hall–Kier alpha value is -1.44. The van der Waals surface area contributed by atoms with E-state index in [2.05, 4.69) is 10.1 Å². The Labute approximate surface area is 114 Å². The molecule has 1 aromatic heterocycles. The first-order valence-corrected chi connectivity index (χ1v) is 6.65. The van der Waals surface area contributed by atoms with Gasteiger partial charge in [-0.1, -0.05) is 11.2 Å². The van der Waals surface area contributed by atoms with E-state index in [9.17, 15) is 4.39 Å². The van der Waals surface area contributed by atoms with E-state index >= 15 is 0 Å². The van der Waals surface area contributed by atoms with Crippen molar-refractivity contribution in [1.82, 2.24) is 10.1 Å². The lowest BCUT2D eigenvalue weighted by Crippen LogP contribution is -2.14. The molecule has 7 heteroatoms. The Morgan fingerprint density at radius 1 is 1.53 bits per heavy atom. The van der Waals surface area contributed by atoms with Crippen LogP contribution in [0.4, 0.5) is 4.39 Å². The number of nitrogens with zero attached hydrogens (tertiary/aromatic N) is 2. The zero-order valence-corrected chi connectivity index (χ0v) is 11.2. The van der Waals surface area contributed by atoms with Gasteiger partial charge in [-0.3, -0.25) is 0 Å². The number of hydrogen-bond acceptors (Lipinski definition) is 6. The average Bonchev–Trinajstić information content (AvgIpc) is 2.87. The summed E-state index contributed by atoms with van der Waals surface area (Å²) in [5.41, 5.74) is 5.51. The summed E-state index contributed by atoms with van der Waals surface area (Å²) in [6, 6.07) is 6.35. The number of halogens is 1. The Balaban J connectivity index is 1.97. The summed E-state index contributed by atoms with van der Waals surface area (Å²) in [6.45, 7) is 0.273. The van der Waals surface area contributed by atoms with Crippen LogP contribution in [0.25, 0.3) is 0 Å². The van der Waals surface area contributed by atoms with Gasteiger partial charge >= 0.3 is 0 Å². The normalized spacial score (nSPS) is 12.6. The van der Waals surface area contributed by atoms with E-state index in [1.54, 1.807) is 6.07 Å². The van der Waals surface area contributed by atoms with Crippen LogP contribution in [0, 0.1) is 5.82 Å². The van der Waals surface area contributed by atoms with Crippen molar-refractivity contribution in [2.45, 2.75) is 16.8 Å². The molecule has 19 heavy (non-hydrogen) atoms. The van der Waals surface area contributed by atoms with Crippen molar-refractivity contribution < 1.29 is 13.7 Å². The van der Waals surface area contributed by atoms with E-state index in [0.29, 0.717) is 17.5 Å². The summed E-state index contributed by atoms with van der Waals surface area (Å²) < 4.78 is 23.2. The second kappa shape index (κ2) is 6.65. The fourth-order valence-corrected chi connectivity index (χ4v) is 2.24. The molecular formula is C12H14FN3O2S. The maximum atomic E-state index is 13.0. The SMILES string of the molecule is COC(CN)c1nc(CSc2cccc(F)c2)no1. The molecule has 1 heterocycles. The smallest absolute Gasteiger partial charge is 0.257 e. The van der Waals surface area contributed by atoms with Gasteiger partial charge in [0.1, 0.15) is 11.9 Å². The lowest BCUT2D eigenvalue weighted by Gasteiger charge is -2.05.